The summed E-state index contributed by atoms with van der Waals surface area (Å²) in [6.45, 7) is 0. The minimum Gasteiger partial charge on any atom is -0.353 e. The largest absolute Gasteiger partial charge is 0.353 e. The Bertz CT molecular complexity index is 589. The first-order chi connectivity index (χ1) is 9.72. The summed E-state index contributed by atoms with van der Waals surface area (Å²) >= 11 is 0. The molecule has 1 atom stereocenters. The third-order valence-corrected chi connectivity index (χ3v) is 3.32. The summed E-state index contributed by atoms with van der Waals surface area (Å²) in [5, 5.41) is 10.5. The van der Waals surface area contributed by atoms with Crippen LogP contribution in [0.25, 0.3) is 0 Å². The second-order valence-electron chi connectivity index (χ2n) is 5.15. The number of benzene rings is 1. The fraction of sp³-hybridized carbons (Fsp3) is 0.333. The van der Waals surface area contributed by atoms with Gasteiger partial charge in [-0.05, 0) is 18.4 Å². The number of aromatic nitrogens is 2. The number of carbonyl (C=O) groups is 1. The highest BCUT2D eigenvalue weighted by molar-refractivity contribution is 5.86. The maximum atomic E-state index is 12.4. The van der Waals surface area contributed by atoms with Crippen LogP contribution < -0.4 is 10.6 Å². The number of amides is 1. The molecule has 2 N–H and O–H groups in total. The second kappa shape index (κ2) is 5.36. The van der Waals surface area contributed by atoms with Crippen molar-refractivity contribution in [1.29, 1.82) is 0 Å². The normalized spacial score (nSPS) is 15.7. The predicted octanol–water partition coefficient (Wildman–Crippen LogP) is 1.85. The molecule has 1 aliphatic carbocycles. The van der Waals surface area contributed by atoms with Crippen molar-refractivity contribution < 1.29 is 4.79 Å². The van der Waals surface area contributed by atoms with E-state index < -0.39 is 6.04 Å². The minimum atomic E-state index is -0.410. The summed E-state index contributed by atoms with van der Waals surface area (Å²) in [5.41, 5.74) is 0.941. The third-order valence-electron chi connectivity index (χ3n) is 3.32. The molecule has 5 heteroatoms. The average Bonchev–Trinajstić information content (AvgIpc) is 3.17. The number of nitrogens with zero attached hydrogens (tertiary/aromatic N) is 2. The Labute approximate surface area is 118 Å². The van der Waals surface area contributed by atoms with E-state index in [1.54, 1.807) is 4.68 Å². The average molecular weight is 270 g/mol. The highest BCUT2D eigenvalue weighted by Gasteiger charge is 2.28. The number of anilines is 1. The zero-order chi connectivity index (χ0) is 13.9. The van der Waals surface area contributed by atoms with E-state index in [4.69, 9.17) is 0 Å². The Hall–Kier alpha value is -2.30. The molecule has 0 bridgehead atoms. The maximum absolute atomic E-state index is 12.4. The lowest BCUT2D eigenvalue weighted by atomic mass is 10.1. The zero-order valence-electron chi connectivity index (χ0n) is 11.4. The molecule has 0 radical (unpaired) electrons. The van der Waals surface area contributed by atoms with Gasteiger partial charge in [0.25, 0.3) is 0 Å². The summed E-state index contributed by atoms with van der Waals surface area (Å²) in [6, 6.07) is 11.5. The molecule has 104 valence electrons. The van der Waals surface area contributed by atoms with Gasteiger partial charge < -0.3 is 10.6 Å². The van der Waals surface area contributed by atoms with Crippen molar-refractivity contribution in [1.82, 2.24) is 15.1 Å². The Morgan fingerprint density at radius 1 is 1.30 bits per heavy atom. The predicted molar refractivity (Wildman–Crippen MR) is 77.2 cm³/mol. The van der Waals surface area contributed by atoms with E-state index in [1.807, 2.05) is 49.6 Å². The van der Waals surface area contributed by atoms with Crippen LogP contribution >= 0.6 is 0 Å². The van der Waals surface area contributed by atoms with Gasteiger partial charge in [0.2, 0.25) is 5.91 Å². The molecule has 1 saturated carbocycles. The molecule has 1 aliphatic rings. The number of hydrogen-bond donors (Lipinski definition) is 2. The van der Waals surface area contributed by atoms with E-state index in [-0.39, 0.29) is 5.91 Å². The van der Waals surface area contributed by atoms with Crippen LogP contribution in [-0.2, 0) is 11.8 Å². The minimum absolute atomic E-state index is 0.00403. The van der Waals surface area contributed by atoms with Crippen LogP contribution in [0.2, 0.25) is 0 Å². The van der Waals surface area contributed by atoms with Crippen LogP contribution in [0.15, 0.2) is 42.6 Å². The first-order valence-corrected chi connectivity index (χ1v) is 6.84. The van der Waals surface area contributed by atoms with Gasteiger partial charge in [0.05, 0.1) is 0 Å². The Kier molecular flexibility index (Phi) is 3.41. The van der Waals surface area contributed by atoms with Crippen molar-refractivity contribution >= 4 is 11.7 Å². The molecular formula is C15H18N4O. The lowest BCUT2D eigenvalue weighted by Crippen LogP contribution is -2.34. The molecule has 5 nitrogen and oxygen atoms in total. The Morgan fingerprint density at radius 3 is 2.65 bits per heavy atom. The Balaban J connectivity index is 1.80. The molecule has 1 aromatic carbocycles. The molecule has 0 spiro atoms. The molecule has 1 amide bonds. The molecule has 1 unspecified atom stereocenters. The van der Waals surface area contributed by atoms with Gasteiger partial charge in [-0.15, -0.1) is 0 Å². The van der Waals surface area contributed by atoms with E-state index in [0.717, 1.165) is 18.4 Å². The van der Waals surface area contributed by atoms with Crippen LogP contribution in [0, 0.1) is 0 Å². The molecular weight excluding hydrogens is 252 g/mol. The lowest BCUT2D eigenvalue weighted by molar-refractivity contribution is -0.122. The van der Waals surface area contributed by atoms with Crippen LogP contribution in [0.5, 0.6) is 0 Å². The van der Waals surface area contributed by atoms with Gasteiger partial charge in [-0.2, -0.15) is 5.10 Å². The van der Waals surface area contributed by atoms with Gasteiger partial charge in [0.1, 0.15) is 11.9 Å². The van der Waals surface area contributed by atoms with Crippen molar-refractivity contribution in [2.24, 2.45) is 7.05 Å². The number of hydrogen-bond acceptors (Lipinski definition) is 3. The topological polar surface area (TPSA) is 59.0 Å². The highest BCUT2D eigenvalue weighted by atomic mass is 16.2. The van der Waals surface area contributed by atoms with Gasteiger partial charge >= 0.3 is 0 Å². The van der Waals surface area contributed by atoms with Gasteiger partial charge in [-0.25, -0.2) is 0 Å². The molecule has 1 fully saturated rings. The van der Waals surface area contributed by atoms with Crippen LogP contribution in [0.4, 0.5) is 5.82 Å². The lowest BCUT2D eigenvalue weighted by Gasteiger charge is -2.18. The van der Waals surface area contributed by atoms with Crippen molar-refractivity contribution in [3.05, 3.63) is 48.2 Å². The van der Waals surface area contributed by atoms with Crippen LogP contribution in [0.1, 0.15) is 24.4 Å². The van der Waals surface area contributed by atoms with E-state index in [1.165, 1.54) is 0 Å². The summed E-state index contributed by atoms with van der Waals surface area (Å²) < 4.78 is 1.71. The summed E-state index contributed by atoms with van der Waals surface area (Å²) in [4.78, 5) is 12.4. The highest BCUT2D eigenvalue weighted by Crippen LogP contribution is 2.23. The first kappa shape index (κ1) is 12.7. The third kappa shape index (κ3) is 2.99. The van der Waals surface area contributed by atoms with Crippen LogP contribution in [0.3, 0.4) is 0 Å². The van der Waals surface area contributed by atoms with Gasteiger partial charge in [0.15, 0.2) is 0 Å². The molecule has 1 aromatic heterocycles. The molecule has 2 aromatic rings. The Morgan fingerprint density at radius 2 is 2.05 bits per heavy atom. The van der Waals surface area contributed by atoms with Gasteiger partial charge in [0, 0.05) is 25.4 Å². The standard InChI is InChI=1S/C15H18N4O/c1-19-10-9-13(18-19)17-14(11-5-3-2-4-6-11)15(20)16-12-7-8-12/h2-6,9-10,12,14H,7-8H2,1H3,(H,16,20)(H,17,18). The number of nitrogens with one attached hydrogen (secondary N) is 2. The van der Waals surface area contributed by atoms with E-state index in [2.05, 4.69) is 15.7 Å². The second-order valence-corrected chi connectivity index (χ2v) is 5.15. The fourth-order valence-corrected chi connectivity index (χ4v) is 2.10. The van der Waals surface area contributed by atoms with Crippen molar-refractivity contribution in [2.75, 3.05) is 5.32 Å². The van der Waals surface area contributed by atoms with Gasteiger partial charge in [-0.1, -0.05) is 30.3 Å². The summed E-state index contributed by atoms with van der Waals surface area (Å²) in [6.07, 6.45) is 4.01. The number of carbonyl (C=O) groups excluding carboxylic acids is 1. The van der Waals surface area contributed by atoms with E-state index >= 15 is 0 Å². The van der Waals surface area contributed by atoms with Crippen molar-refractivity contribution in [2.45, 2.75) is 24.9 Å². The van der Waals surface area contributed by atoms with Gasteiger partial charge in [-0.3, -0.25) is 9.48 Å². The summed E-state index contributed by atoms with van der Waals surface area (Å²) in [7, 11) is 1.85. The number of aryl methyl sites for hydroxylation is 1. The first-order valence-electron chi connectivity index (χ1n) is 6.84. The van der Waals surface area contributed by atoms with Crippen molar-refractivity contribution in [3.63, 3.8) is 0 Å². The molecule has 1 heterocycles. The van der Waals surface area contributed by atoms with Crippen molar-refractivity contribution in [3.8, 4) is 0 Å². The number of rotatable bonds is 5. The van der Waals surface area contributed by atoms with Crippen LogP contribution in [-0.4, -0.2) is 21.7 Å². The maximum Gasteiger partial charge on any atom is 0.247 e. The molecule has 20 heavy (non-hydrogen) atoms. The van der Waals surface area contributed by atoms with E-state index in [9.17, 15) is 4.79 Å². The molecule has 3 rings (SSSR count). The monoisotopic (exact) mass is 270 g/mol. The zero-order valence-corrected chi connectivity index (χ0v) is 11.4. The summed E-state index contributed by atoms with van der Waals surface area (Å²) in [5.74, 6) is 0.705. The van der Waals surface area contributed by atoms with E-state index in [0.29, 0.717) is 11.9 Å². The smallest absolute Gasteiger partial charge is 0.247 e. The molecule has 0 saturated heterocycles. The quantitative estimate of drug-likeness (QED) is 0.871. The SMILES string of the molecule is Cn1ccc(NC(C(=O)NC2CC2)c2ccccc2)n1. The molecule has 0 aliphatic heterocycles. The fourth-order valence-electron chi connectivity index (χ4n) is 2.10.